The third-order valence-electron chi connectivity index (χ3n) is 4.09. The highest BCUT2D eigenvalue weighted by Gasteiger charge is 2.31. The van der Waals surface area contributed by atoms with Crippen LogP contribution in [0.3, 0.4) is 0 Å². The molecule has 1 unspecified atom stereocenters. The Morgan fingerprint density at radius 2 is 1.91 bits per heavy atom. The Balaban J connectivity index is 1.72. The molecule has 4 nitrogen and oxygen atoms in total. The molecule has 4 heteroatoms. The average Bonchev–Trinajstić information content (AvgIpc) is 2.79. The fourth-order valence-corrected chi connectivity index (χ4v) is 2.70. The van der Waals surface area contributed by atoms with Gasteiger partial charge in [0.1, 0.15) is 0 Å². The number of rotatable bonds is 3. The molecule has 112 valence electrons. The van der Waals surface area contributed by atoms with Crippen LogP contribution in [0.5, 0.6) is 0 Å². The fourth-order valence-electron chi connectivity index (χ4n) is 2.70. The second kappa shape index (κ2) is 5.64. The van der Waals surface area contributed by atoms with Crippen molar-refractivity contribution < 1.29 is 9.59 Å². The van der Waals surface area contributed by atoms with Crippen molar-refractivity contribution in [2.45, 2.75) is 26.2 Å². The molecular formula is C18H18N2O2. The molecule has 0 saturated carbocycles. The molecule has 2 amide bonds. The molecular weight excluding hydrogens is 276 g/mol. The van der Waals surface area contributed by atoms with E-state index in [2.05, 4.69) is 10.6 Å². The maximum absolute atomic E-state index is 12.2. The molecule has 1 atom stereocenters. The third kappa shape index (κ3) is 2.72. The number of anilines is 2. The minimum absolute atomic E-state index is 0.114. The minimum atomic E-state index is -0.414. The van der Waals surface area contributed by atoms with Crippen LogP contribution in [0.25, 0.3) is 0 Å². The zero-order valence-electron chi connectivity index (χ0n) is 12.6. The van der Waals surface area contributed by atoms with Gasteiger partial charge in [-0.05, 0) is 48.7 Å². The summed E-state index contributed by atoms with van der Waals surface area (Å²) in [6.45, 7) is 4.03. The maximum atomic E-state index is 12.2. The summed E-state index contributed by atoms with van der Waals surface area (Å²) in [5, 5.41) is 5.68. The van der Waals surface area contributed by atoms with E-state index in [0.29, 0.717) is 0 Å². The Morgan fingerprint density at radius 1 is 1.14 bits per heavy atom. The van der Waals surface area contributed by atoms with Crippen molar-refractivity contribution in [2.24, 2.45) is 0 Å². The Labute approximate surface area is 129 Å². The summed E-state index contributed by atoms with van der Waals surface area (Å²) in [5.74, 6) is -0.681. The number of carbonyl (C=O) groups excluding carboxylic acids is 2. The topological polar surface area (TPSA) is 58.2 Å². The molecule has 1 aliphatic heterocycles. The Kier molecular flexibility index (Phi) is 3.67. The van der Waals surface area contributed by atoms with Crippen LogP contribution in [-0.2, 0) is 9.59 Å². The molecule has 0 radical (unpaired) electrons. The summed E-state index contributed by atoms with van der Waals surface area (Å²) in [5.41, 5.74) is 4.77. The summed E-state index contributed by atoms with van der Waals surface area (Å²) in [6.07, 6.45) is 0.149. The van der Waals surface area contributed by atoms with E-state index in [4.69, 9.17) is 0 Å². The maximum Gasteiger partial charge on any atom is 0.232 e. The zero-order chi connectivity index (χ0) is 15.7. The predicted molar refractivity (Wildman–Crippen MR) is 87.0 cm³/mol. The highest BCUT2D eigenvalue weighted by Crippen LogP contribution is 2.34. The van der Waals surface area contributed by atoms with Crippen LogP contribution in [-0.4, -0.2) is 11.8 Å². The molecule has 1 heterocycles. The summed E-state index contributed by atoms with van der Waals surface area (Å²) >= 11 is 0. The van der Waals surface area contributed by atoms with Crippen molar-refractivity contribution in [3.05, 3.63) is 59.2 Å². The van der Waals surface area contributed by atoms with Gasteiger partial charge in [-0.1, -0.05) is 24.3 Å². The van der Waals surface area contributed by atoms with Gasteiger partial charge in [-0.2, -0.15) is 0 Å². The molecule has 2 aromatic rings. The van der Waals surface area contributed by atoms with Crippen LogP contribution in [0, 0.1) is 13.8 Å². The van der Waals surface area contributed by atoms with E-state index in [1.807, 2.05) is 56.3 Å². The highest BCUT2D eigenvalue weighted by molar-refractivity contribution is 6.06. The first kappa shape index (κ1) is 14.3. The highest BCUT2D eigenvalue weighted by atomic mass is 16.2. The first-order valence-electron chi connectivity index (χ1n) is 7.31. The monoisotopic (exact) mass is 294 g/mol. The molecule has 0 bridgehead atoms. The minimum Gasteiger partial charge on any atom is -0.326 e. The van der Waals surface area contributed by atoms with E-state index in [1.54, 1.807) is 0 Å². The third-order valence-corrected chi connectivity index (χ3v) is 4.09. The SMILES string of the molecule is Cc1ccc(NC(=O)CC2C(=O)Nc3ccccc32)cc1C. The van der Waals surface area contributed by atoms with Crippen molar-refractivity contribution in [3.63, 3.8) is 0 Å². The van der Waals surface area contributed by atoms with Gasteiger partial charge in [0.25, 0.3) is 0 Å². The lowest BCUT2D eigenvalue weighted by Crippen LogP contribution is -2.20. The first-order chi connectivity index (χ1) is 10.5. The number of aryl methyl sites for hydroxylation is 2. The van der Waals surface area contributed by atoms with Gasteiger partial charge in [-0.15, -0.1) is 0 Å². The average molecular weight is 294 g/mol. The Bertz CT molecular complexity index is 753. The molecule has 2 aromatic carbocycles. The van der Waals surface area contributed by atoms with Gasteiger partial charge in [-0.25, -0.2) is 0 Å². The van der Waals surface area contributed by atoms with Crippen LogP contribution in [0.2, 0.25) is 0 Å². The lowest BCUT2D eigenvalue weighted by atomic mass is 9.97. The quantitative estimate of drug-likeness (QED) is 0.912. The number of fused-ring (bicyclic) bond motifs is 1. The first-order valence-corrected chi connectivity index (χ1v) is 7.31. The van der Waals surface area contributed by atoms with Crippen LogP contribution >= 0.6 is 0 Å². The number of carbonyl (C=O) groups is 2. The van der Waals surface area contributed by atoms with Crippen molar-refractivity contribution >= 4 is 23.2 Å². The van der Waals surface area contributed by atoms with E-state index in [9.17, 15) is 9.59 Å². The molecule has 0 aromatic heterocycles. The van der Waals surface area contributed by atoms with E-state index in [-0.39, 0.29) is 18.2 Å². The number of amides is 2. The van der Waals surface area contributed by atoms with E-state index in [1.165, 1.54) is 5.56 Å². The van der Waals surface area contributed by atoms with E-state index < -0.39 is 5.92 Å². The van der Waals surface area contributed by atoms with Gasteiger partial charge in [0, 0.05) is 17.8 Å². The zero-order valence-corrected chi connectivity index (χ0v) is 12.6. The number of nitrogens with one attached hydrogen (secondary N) is 2. The molecule has 0 spiro atoms. The molecule has 2 N–H and O–H groups in total. The van der Waals surface area contributed by atoms with Gasteiger partial charge >= 0.3 is 0 Å². The summed E-state index contributed by atoms with van der Waals surface area (Å²) in [4.78, 5) is 24.3. The molecule has 3 rings (SSSR count). The van der Waals surface area contributed by atoms with Gasteiger partial charge < -0.3 is 10.6 Å². The second-order valence-electron chi connectivity index (χ2n) is 5.68. The predicted octanol–water partition coefficient (Wildman–Crippen LogP) is 3.37. The smallest absolute Gasteiger partial charge is 0.232 e. The number of para-hydroxylation sites is 1. The van der Waals surface area contributed by atoms with Crippen molar-refractivity contribution in [3.8, 4) is 0 Å². The summed E-state index contributed by atoms with van der Waals surface area (Å²) in [6, 6.07) is 13.3. The Hall–Kier alpha value is -2.62. The molecule has 1 aliphatic rings. The van der Waals surface area contributed by atoms with Crippen LogP contribution in [0.15, 0.2) is 42.5 Å². The number of hydrogen-bond acceptors (Lipinski definition) is 2. The lowest BCUT2D eigenvalue weighted by Gasteiger charge is -2.11. The molecule has 0 saturated heterocycles. The molecule has 0 fully saturated rings. The van der Waals surface area contributed by atoms with Gasteiger partial charge in [0.2, 0.25) is 11.8 Å². The lowest BCUT2D eigenvalue weighted by molar-refractivity contribution is -0.122. The van der Waals surface area contributed by atoms with E-state index in [0.717, 1.165) is 22.5 Å². The number of hydrogen-bond donors (Lipinski definition) is 2. The van der Waals surface area contributed by atoms with Crippen LogP contribution in [0.1, 0.15) is 29.0 Å². The van der Waals surface area contributed by atoms with Crippen molar-refractivity contribution in [1.29, 1.82) is 0 Å². The molecule has 0 aliphatic carbocycles. The van der Waals surface area contributed by atoms with Crippen molar-refractivity contribution in [2.75, 3.05) is 10.6 Å². The van der Waals surface area contributed by atoms with Crippen molar-refractivity contribution in [1.82, 2.24) is 0 Å². The normalized spacial score (nSPS) is 16.1. The molecule has 22 heavy (non-hydrogen) atoms. The largest absolute Gasteiger partial charge is 0.326 e. The van der Waals surface area contributed by atoms with Gasteiger partial charge in [0.05, 0.1) is 5.92 Å². The second-order valence-corrected chi connectivity index (χ2v) is 5.68. The Morgan fingerprint density at radius 3 is 2.68 bits per heavy atom. The van der Waals surface area contributed by atoms with Gasteiger partial charge in [-0.3, -0.25) is 9.59 Å². The summed E-state index contributed by atoms with van der Waals surface area (Å²) in [7, 11) is 0. The van der Waals surface area contributed by atoms with E-state index >= 15 is 0 Å². The van der Waals surface area contributed by atoms with Crippen LogP contribution in [0.4, 0.5) is 11.4 Å². The summed E-state index contributed by atoms with van der Waals surface area (Å²) < 4.78 is 0. The van der Waals surface area contributed by atoms with Gasteiger partial charge in [0.15, 0.2) is 0 Å². The van der Waals surface area contributed by atoms with Crippen LogP contribution < -0.4 is 10.6 Å². The fraction of sp³-hybridized carbons (Fsp3) is 0.222. The number of benzene rings is 2. The standard InChI is InChI=1S/C18H18N2O2/c1-11-7-8-13(9-12(11)2)19-17(21)10-15-14-5-3-4-6-16(14)20-18(15)22/h3-9,15H,10H2,1-2H3,(H,19,21)(H,20,22).